The summed E-state index contributed by atoms with van der Waals surface area (Å²) in [5.74, 6) is -0.372. The SMILES string of the molecule is CCc1cc(CC)n(C(C)C(C)C(=O)OC)n1. The number of ether oxygens (including phenoxy) is 1. The van der Waals surface area contributed by atoms with Gasteiger partial charge in [-0.1, -0.05) is 13.8 Å². The molecule has 17 heavy (non-hydrogen) atoms. The number of hydrogen-bond acceptors (Lipinski definition) is 3. The Hall–Kier alpha value is -1.32. The highest BCUT2D eigenvalue weighted by molar-refractivity contribution is 5.72. The monoisotopic (exact) mass is 238 g/mol. The summed E-state index contributed by atoms with van der Waals surface area (Å²) in [4.78, 5) is 11.5. The molecule has 1 aromatic rings. The van der Waals surface area contributed by atoms with Crippen molar-refractivity contribution in [3.8, 4) is 0 Å². The third kappa shape index (κ3) is 2.87. The second kappa shape index (κ2) is 5.84. The van der Waals surface area contributed by atoms with Crippen molar-refractivity contribution in [2.45, 2.75) is 46.6 Å². The fraction of sp³-hybridized carbons (Fsp3) is 0.692. The first-order valence-corrected chi connectivity index (χ1v) is 6.20. The molecule has 0 spiro atoms. The second-order valence-corrected chi connectivity index (χ2v) is 4.33. The zero-order valence-electron chi connectivity index (χ0n) is 11.4. The number of aryl methyl sites for hydroxylation is 2. The maximum atomic E-state index is 11.5. The van der Waals surface area contributed by atoms with Gasteiger partial charge >= 0.3 is 5.97 Å². The lowest BCUT2D eigenvalue weighted by molar-refractivity contribution is -0.146. The predicted molar refractivity (Wildman–Crippen MR) is 66.9 cm³/mol. The Morgan fingerprint density at radius 2 is 2.06 bits per heavy atom. The first-order valence-electron chi connectivity index (χ1n) is 6.20. The lowest BCUT2D eigenvalue weighted by Crippen LogP contribution is -2.25. The van der Waals surface area contributed by atoms with Gasteiger partial charge < -0.3 is 4.74 Å². The fourth-order valence-electron chi connectivity index (χ4n) is 1.87. The maximum absolute atomic E-state index is 11.5. The number of esters is 1. The first-order chi connectivity index (χ1) is 8.04. The third-order valence-electron chi connectivity index (χ3n) is 3.27. The average Bonchev–Trinajstić information content (AvgIpc) is 2.79. The summed E-state index contributed by atoms with van der Waals surface area (Å²) in [5.41, 5.74) is 2.25. The predicted octanol–water partition coefficient (Wildman–Crippen LogP) is 2.38. The van der Waals surface area contributed by atoms with E-state index < -0.39 is 0 Å². The number of carbonyl (C=O) groups is 1. The van der Waals surface area contributed by atoms with Gasteiger partial charge in [0.1, 0.15) is 0 Å². The minimum absolute atomic E-state index is 0.0256. The molecule has 1 aromatic heterocycles. The van der Waals surface area contributed by atoms with E-state index in [1.54, 1.807) is 0 Å². The zero-order valence-corrected chi connectivity index (χ0v) is 11.4. The molecule has 2 unspecified atom stereocenters. The summed E-state index contributed by atoms with van der Waals surface area (Å²) in [6.07, 6.45) is 1.84. The van der Waals surface area contributed by atoms with Crippen LogP contribution in [0.2, 0.25) is 0 Å². The molecular weight excluding hydrogens is 216 g/mol. The van der Waals surface area contributed by atoms with Crippen molar-refractivity contribution in [2.75, 3.05) is 7.11 Å². The Morgan fingerprint density at radius 3 is 2.53 bits per heavy atom. The van der Waals surface area contributed by atoms with Gasteiger partial charge in [0.25, 0.3) is 0 Å². The molecule has 96 valence electrons. The van der Waals surface area contributed by atoms with Crippen LogP contribution in [0.3, 0.4) is 0 Å². The summed E-state index contributed by atoms with van der Waals surface area (Å²) in [7, 11) is 1.42. The molecular formula is C13H22N2O2. The lowest BCUT2D eigenvalue weighted by Gasteiger charge is -2.20. The van der Waals surface area contributed by atoms with Crippen LogP contribution >= 0.6 is 0 Å². The van der Waals surface area contributed by atoms with Crippen molar-refractivity contribution in [3.05, 3.63) is 17.5 Å². The number of carbonyl (C=O) groups excluding carboxylic acids is 1. The van der Waals surface area contributed by atoms with Crippen LogP contribution in [0.1, 0.15) is 45.1 Å². The van der Waals surface area contributed by atoms with Crippen molar-refractivity contribution in [2.24, 2.45) is 5.92 Å². The van der Waals surface area contributed by atoms with Gasteiger partial charge in [-0.2, -0.15) is 5.10 Å². The van der Waals surface area contributed by atoms with Gasteiger partial charge in [-0.3, -0.25) is 9.48 Å². The number of nitrogens with zero attached hydrogens (tertiary/aromatic N) is 2. The molecule has 0 amide bonds. The summed E-state index contributed by atoms with van der Waals surface area (Å²) >= 11 is 0. The van der Waals surface area contributed by atoms with E-state index in [0.29, 0.717) is 0 Å². The molecule has 0 bridgehead atoms. The normalized spacial score (nSPS) is 14.4. The van der Waals surface area contributed by atoms with Crippen molar-refractivity contribution >= 4 is 5.97 Å². The summed E-state index contributed by atoms with van der Waals surface area (Å²) < 4.78 is 6.74. The highest BCUT2D eigenvalue weighted by Crippen LogP contribution is 2.21. The van der Waals surface area contributed by atoms with E-state index in [0.717, 1.165) is 18.5 Å². The van der Waals surface area contributed by atoms with Gasteiger partial charge in [0, 0.05) is 5.69 Å². The van der Waals surface area contributed by atoms with Crippen LogP contribution in [0.15, 0.2) is 6.07 Å². The minimum atomic E-state index is -0.187. The molecule has 1 heterocycles. The third-order valence-corrected chi connectivity index (χ3v) is 3.27. The van der Waals surface area contributed by atoms with E-state index in [9.17, 15) is 4.79 Å². The topological polar surface area (TPSA) is 44.1 Å². The fourth-order valence-corrected chi connectivity index (χ4v) is 1.87. The zero-order chi connectivity index (χ0) is 13.0. The molecule has 0 radical (unpaired) electrons. The van der Waals surface area contributed by atoms with Gasteiger partial charge in [-0.05, 0) is 32.8 Å². The van der Waals surface area contributed by atoms with Gasteiger partial charge in [0.05, 0.1) is 24.8 Å². The molecule has 0 aliphatic rings. The second-order valence-electron chi connectivity index (χ2n) is 4.33. The van der Waals surface area contributed by atoms with E-state index in [4.69, 9.17) is 4.74 Å². The van der Waals surface area contributed by atoms with E-state index >= 15 is 0 Å². The van der Waals surface area contributed by atoms with E-state index in [-0.39, 0.29) is 17.9 Å². The molecule has 1 rings (SSSR count). The van der Waals surface area contributed by atoms with Crippen molar-refractivity contribution in [1.29, 1.82) is 0 Å². The summed E-state index contributed by atoms with van der Waals surface area (Å²) in [6, 6.07) is 2.14. The standard InChI is InChI=1S/C13H22N2O2/c1-6-11-8-12(7-2)15(14-11)10(4)9(3)13(16)17-5/h8-10H,6-7H2,1-5H3. The van der Waals surface area contributed by atoms with Crippen LogP contribution in [0, 0.1) is 5.92 Å². The molecule has 0 saturated heterocycles. The summed E-state index contributed by atoms with van der Waals surface area (Å²) in [5, 5.41) is 4.55. The number of aromatic nitrogens is 2. The highest BCUT2D eigenvalue weighted by Gasteiger charge is 2.24. The summed E-state index contributed by atoms with van der Waals surface area (Å²) in [6.45, 7) is 8.07. The van der Waals surface area contributed by atoms with Crippen LogP contribution in [-0.2, 0) is 22.4 Å². The maximum Gasteiger partial charge on any atom is 0.310 e. The largest absolute Gasteiger partial charge is 0.469 e. The molecule has 0 saturated carbocycles. The van der Waals surface area contributed by atoms with E-state index in [1.165, 1.54) is 12.8 Å². The molecule has 0 fully saturated rings. The Bertz CT molecular complexity index is 385. The number of hydrogen-bond donors (Lipinski definition) is 0. The van der Waals surface area contributed by atoms with E-state index in [2.05, 4.69) is 25.0 Å². The molecule has 0 N–H and O–H groups in total. The highest BCUT2D eigenvalue weighted by atomic mass is 16.5. The molecule has 2 atom stereocenters. The molecule has 0 aliphatic carbocycles. The van der Waals surface area contributed by atoms with Gasteiger partial charge in [0.15, 0.2) is 0 Å². The van der Waals surface area contributed by atoms with Gasteiger partial charge in [0.2, 0.25) is 0 Å². The first kappa shape index (κ1) is 13.7. The molecule has 0 aliphatic heterocycles. The van der Waals surface area contributed by atoms with Crippen LogP contribution in [0.5, 0.6) is 0 Å². The Labute approximate surface area is 103 Å². The lowest BCUT2D eigenvalue weighted by atomic mass is 10.0. The molecule has 4 nitrogen and oxygen atoms in total. The minimum Gasteiger partial charge on any atom is -0.469 e. The van der Waals surface area contributed by atoms with Crippen molar-refractivity contribution in [3.63, 3.8) is 0 Å². The van der Waals surface area contributed by atoms with Crippen LogP contribution in [0.25, 0.3) is 0 Å². The van der Waals surface area contributed by atoms with Gasteiger partial charge in [-0.15, -0.1) is 0 Å². The Balaban J connectivity index is 2.97. The Kier molecular flexibility index (Phi) is 4.73. The molecule has 0 aromatic carbocycles. The van der Waals surface area contributed by atoms with Crippen LogP contribution < -0.4 is 0 Å². The smallest absolute Gasteiger partial charge is 0.310 e. The molecule has 4 heteroatoms. The van der Waals surface area contributed by atoms with Crippen LogP contribution in [0.4, 0.5) is 0 Å². The number of methoxy groups -OCH3 is 1. The number of rotatable bonds is 5. The van der Waals surface area contributed by atoms with Crippen LogP contribution in [-0.4, -0.2) is 22.9 Å². The van der Waals surface area contributed by atoms with Gasteiger partial charge in [-0.25, -0.2) is 0 Å². The van der Waals surface area contributed by atoms with E-state index in [1.807, 2.05) is 18.5 Å². The Morgan fingerprint density at radius 1 is 1.41 bits per heavy atom. The van der Waals surface area contributed by atoms with Crippen molar-refractivity contribution in [1.82, 2.24) is 9.78 Å². The average molecular weight is 238 g/mol. The quantitative estimate of drug-likeness (QED) is 0.740. The van der Waals surface area contributed by atoms with Crippen molar-refractivity contribution < 1.29 is 9.53 Å².